The molecule has 0 nitrogen and oxygen atoms in total. The lowest BCUT2D eigenvalue weighted by molar-refractivity contribution is -0.240. The highest BCUT2D eigenvalue weighted by Gasteiger charge is 2.63. The van der Waals surface area contributed by atoms with E-state index in [1.54, 1.807) is 0 Å². The van der Waals surface area contributed by atoms with Crippen molar-refractivity contribution in [3.63, 3.8) is 0 Å². The third kappa shape index (κ3) is 3.28. The average molecular weight is 304 g/mol. The second-order valence-electron chi connectivity index (χ2n) is 6.12. The smallest absolute Gasteiger partial charge is 0.171 e. The quantitative estimate of drug-likeness (QED) is 0.416. The standard InChI is InChI=1S/C12H18F6Si/c13-11(14,15)9-7-19(5-3-1-2-4-6-19)8-10(9)12(16,17)18/h9-10H,1-8H2. The van der Waals surface area contributed by atoms with Gasteiger partial charge >= 0.3 is 12.4 Å². The number of halogens is 6. The van der Waals surface area contributed by atoms with Crippen molar-refractivity contribution in [2.24, 2.45) is 11.8 Å². The molecule has 0 bridgehead atoms. The Kier molecular flexibility index (Phi) is 3.97. The van der Waals surface area contributed by atoms with Gasteiger partial charge in [-0.25, -0.2) is 0 Å². The fourth-order valence-corrected chi connectivity index (χ4v) is 10.0. The first-order chi connectivity index (χ1) is 8.64. The summed E-state index contributed by atoms with van der Waals surface area (Å²) < 4.78 is 77.4. The van der Waals surface area contributed by atoms with Crippen LogP contribution in [0.15, 0.2) is 0 Å². The SMILES string of the molecule is FC(F)(F)C1C[Si]2(CCCCCC2)CC1C(F)(F)F. The summed E-state index contributed by atoms with van der Waals surface area (Å²) in [5, 5.41) is 0. The van der Waals surface area contributed by atoms with E-state index in [9.17, 15) is 26.3 Å². The molecular weight excluding hydrogens is 286 g/mol. The maximum atomic E-state index is 12.9. The summed E-state index contributed by atoms with van der Waals surface area (Å²) in [7, 11) is -2.36. The molecule has 1 spiro atoms. The molecule has 2 heterocycles. The number of hydrogen-bond acceptors (Lipinski definition) is 0. The molecule has 19 heavy (non-hydrogen) atoms. The summed E-state index contributed by atoms with van der Waals surface area (Å²) in [4.78, 5) is 0. The Balaban J connectivity index is 2.23. The van der Waals surface area contributed by atoms with Gasteiger partial charge in [0.2, 0.25) is 0 Å². The number of hydrogen-bond donors (Lipinski definition) is 0. The van der Waals surface area contributed by atoms with E-state index < -0.39 is 32.3 Å². The van der Waals surface area contributed by atoms with E-state index in [4.69, 9.17) is 0 Å². The Labute approximate surface area is 109 Å². The molecule has 2 unspecified atom stereocenters. The number of alkyl halides is 6. The zero-order valence-electron chi connectivity index (χ0n) is 10.6. The molecule has 0 aromatic heterocycles. The van der Waals surface area contributed by atoms with Crippen molar-refractivity contribution in [2.45, 2.75) is 62.2 Å². The molecule has 0 aliphatic carbocycles. The van der Waals surface area contributed by atoms with Gasteiger partial charge in [-0.3, -0.25) is 0 Å². The Hall–Kier alpha value is -0.203. The highest BCUT2D eigenvalue weighted by Crippen LogP contribution is 2.57. The highest BCUT2D eigenvalue weighted by molar-refractivity contribution is 6.80. The van der Waals surface area contributed by atoms with Crippen LogP contribution in [0.2, 0.25) is 24.2 Å². The molecular formula is C12H18F6Si. The minimum Gasteiger partial charge on any atom is -0.171 e. The fourth-order valence-electron chi connectivity index (χ4n) is 3.88. The molecule has 112 valence electrons. The summed E-state index contributed by atoms with van der Waals surface area (Å²) in [6.45, 7) is 0. The lowest BCUT2D eigenvalue weighted by atomic mass is 9.95. The van der Waals surface area contributed by atoms with Crippen molar-refractivity contribution in [3.05, 3.63) is 0 Å². The van der Waals surface area contributed by atoms with Crippen LogP contribution in [0.3, 0.4) is 0 Å². The van der Waals surface area contributed by atoms with Crippen molar-refractivity contribution in [2.75, 3.05) is 0 Å². The molecule has 2 saturated heterocycles. The molecule has 7 heteroatoms. The van der Waals surface area contributed by atoms with Gasteiger partial charge in [0.05, 0.1) is 19.9 Å². The van der Waals surface area contributed by atoms with Crippen LogP contribution in [0.1, 0.15) is 25.7 Å². The summed E-state index contributed by atoms with van der Waals surface area (Å²) in [6.07, 6.45) is -5.85. The molecule has 2 aliphatic rings. The third-order valence-electron chi connectivity index (χ3n) is 4.80. The highest BCUT2D eigenvalue weighted by atomic mass is 28.3. The topological polar surface area (TPSA) is 0 Å². The largest absolute Gasteiger partial charge is 0.392 e. The first kappa shape index (κ1) is 15.2. The maximum Gasteiger partial charge on any atom is 0.392 e. The first-order valence-electron chi connectivity index (χ1n) is 6.78. The maximum absolute atomic E-state index is 12.9. The molecule has 0 saturated carbocycles. The van der Waals surface area contributed by atoms with Gasteiger partial charge in [-0.1, -0.05) is 37.8 Å². The molecule has 0 aromatic rings. The van der Waals surface area contributed by atoms with Gasteiger partial charge in [-0.15, -0.1) is 0 Å². The Morgan fingerprint density at radius 1 is 0.632 bits per heavy atom. The van der Waals surface area contributed by atoms with E-state index in [0.29, 0.717) is 12.1 Å². The van der Waals surface area contributed by atoms with E-state index in [1.807, 2.05) is 0 Å². The molecule has 2 fully saturated rings. The van der Waals surface area contributed by atoms with E-state index in [-0.39, 0.29) is 12.1 Å². The van der Waals surface area contributed by atoms with Crippen LogP contribution in [-0.4, -0.2) is 20.4 Å². The summed E-state index contributed by atoms with van der Waals surface area (Å²) >= 11 is 0. The zero-order valence-corrected chi connectivity index (χ0v) is 11.6. The predicted octanol–water partition coefficient (Wildman–Crippen LogP) is 5.38. The van der Waals surface area contributed by atoms with Crippen molar-refractivity contribution in [3.8, 4) is 0 Å². The number of rotatable bonds is 0. The molecule has 0 radical (unpaired) electrons. The molecule has 0 amide bonds. The van der Waals surface area contributed by atoms with E-state index >= 15 is 0 Å². The van der Waals surface area contributed by atoms with E-state index in [1.165, 1.54) is 0 Å². The predicted molar refractivity (Wildman–Crippen MR) is 62.5 cm³/mol. The molecule has 0 N–H and O–H groups in total. The lowest BCUT2D eigenvalue weighted by Gasteiger charge is -2.25. The Morgan fingerprint density at radius 2 is 1.00 bits per heavy atom. The summed E-state index contributed by atoms with van der Waals surface area (Å²) in [6, 6.07) is 0.930. The van der Waals surface area contributed by atoms with Crippen molar-refractivity contribution < 1.29 is 26.3 Å². The summed E-state index contributed by atoms with van der Waals surface area (Å²) in [5.41, 5.74) is 0. The van der Waals surface area contributed by atoms with Crippen molar-refractivity contribution in [1.29, 1.82) is 0 Å². The van der Waals surface area contributed by atoms with Gasteiger partial charge in [-0.2, -0.15) is 26.3 Å². The minimum atomic E-state index is -4.71. The third-order valence-corrected chi connectivity index (χ3v) is 10.2. The average Bonchev–Trinajstić information content (AvgIpc) is 2.48. The molecule has 0 aromatic carbocycles. The van der Waals surface area contributed by atoms with Crippen molar-refractivity contribution >= 4 is 8.07 Å². The van der Waals surface area contributed by atoms with Gasteiger partial charge in [0.25, 0.3) is 0 Å². The van der Waals surface area contributed by atoms with Gasteiger partial charge in [-0.05, 0) is 12.1 Å². The van der Waals surface area contributed by atoms with Crippen LogP contribution in [0.4, 0.5) is 26.3 Å². The normalized spacial score (nSPS) is 32.5. The van der Waals surface area contributed by atoms with Crippen LogP contribution < -0.4 is 0 Å². The van der Waals surface area contributed by atoms with E-state index in [0.717, 1.165) is 25.7 Å². The monoisotopic (exact) mass is 304 g/mol. The van der Waals surface area contributed by atoms with Gasteiger partial charge in [0, 0.05) is 0 Å². The molecule has 2 rings (SSSR count). The van der Waals surface area contributed by atoms with Crippen LogP contribution in [0.5, 0.6) is 0 Å². The minimum absolute atomic E-state index is 0.194. The lowest BCUT2D eigenvalue weighted by Crippen LogP contribution is -2.34. The summed E-state index contributed by atoms with van der Waals surface area (Å²) in [5.74, 6) is -4.28. The van der Waals surface area contributed by atoms with Crippen molar-refractivity contribution in [1.82, 2.24) is 0 Å². The van der Waals surface area contributed by atoms with Crippen LogP contribution >= 0.6 is 0 Å². The second-order valence-corrected chi connectivity index (χ2v) is 10.9. The molecule has 2 atom stereocenters. The van der Waals surface area contributed by atoms with E-state index in [2.05, 4.69) is 0 Å². The Morgan fingerprint density at radius 3 is 1.32 bits per heavy atom. The first-order valence-corrected chi connectivity index (χ1v) is 9.60. The van der Waals surface area contributed by atoms with Crippen LogP contribution in [0, 0.1) is 11.8 Å². The molecule has 2 aliphatic heterocycles. The second kappa shape index (κ2) is 4.97. The van der Waals surface area contributed by atoms with Gasteiger partial charge in [0.1, 0.15) is 0 Å². The van der Waals surface area contributed by atoms with Gasteiger partial charge < -0.3 is 0 Å². The Bertz CT molecular complexity index is 289. The van der Waals surface area contributed by atoms with Crippen LogP contribution in [0.25, 0.3) is 0 Å². The zero-order chi connectivity index (χ0) is 14.3. The van der Waals surface area contributed by atoms with Gasteiger partial charge in [0.15, 0.2) is 0 Å². The van der Waals surface area contributed by atoms with Crippen LogP contribution in [-0.2, 0) is 0 Å². The fraction of sp³-hybridized carbons (Fsp3) is 1.00.